The Morgan fingerprint density at radius 1 is 1.00 bits per heavy atom. The molecule has 4 rings (SSSR count). The third-order valence-corrected chi connectivity index (χ3v) is 5.54. The minimum absolute atomic E-state index is 0.0500. The Hall–Kier alpha value is -1.89. The summed E-state index contributed by atoms with van der Waals surface area (Å²) in [4.78, 5) is 19.6. The first-order chi connectivity index (χ1) is 14.0. The topological polar surface area (TPSA) is 47.4 Å². The van der Waals surface area contributed by atoms with Gasteiger partial charge in [-0.25, -0.2) is 4.98 Å². The zero-order chi connectivity index (χ0) is 20.4. The van der Waals surface area contributed by atoms with Gasteiger partial charge in [-0.2, -0.15) is 0 Å². The summed E-state index contributed by atoms with van der Waals surface area (Å²) in [6.45, 7) is 3.05. The van der Waals surface area contributed by atoms with E-state index in [9.17, 15) is 4.79 Å². The first-order valence-corrected chi connectivity index (χ1v) is 10.3. The minimum Gasteiger partial charge on any atom is -0.379 e. The van der Waals surface area contributed by atoms with Crippen LogP contribution in [0.5, 0.6) is 0 Å². The van der Waals surface area contributed by atoms with Crippen LogP contribution in [0, 0.1) is 0 Å². The number of rotatable bonds is 5. The van der Waals surface area contributed by atoms with Gasteiger partial charge in [0.05, 0.1) is 24.8 Å². The number of halogens is 3. The lowest BCUT2D eigenvalue weighted by atomic mass is 10.2. The summed E-state index contributed by atoms with van der Waals surface area (Å²) in [5.41, 5.74) is 1.90. The molecule has 150 valence electrons. The van der Waals surface area contributed by atoms with Crippen LogP contribution in [0.25, 0.3) is 17.1 Å². The number of carbonyl (C=O) groups excluding carboxylic acids is 1. The van der Waals surface area contributed by atoms with Gasteiger partial charge in [-0.15, -0.1) is 0 Å². The first kappa shape index (κ1) is 20.4. The first-order valence-electron chi connectivity index (χ1n) is 9.15. The Kier molecular flexibility index (Phi) is 6.23. The highest BCUT2D eigenvalue weighted by Gasteiger charge is 2.21. The number of Topliss-reactive ketones (excluding diaryl/α,β-unsaturated/α-hetero) is 1. The molecule has 1 saturated heterocycles. The second-order valence-electron chi connectivity index (χ2n) is 6.73. The number of hydrogen-bond acceptors (Lipinski definition) is 4. The van der Waals surface area contributed by atoms with E-state index in [1.165, 1.54) is 0 Å². The van der Waals surface area contributed by atoms with E-state index in [2.05, 4.69) is 9.88 Å². The average molecular weight is 451 g/mol. The number of benzene rings is 2. The van der Waals surface area contributed by atoms with Gasteiger partial charge in [-0.3, -0.25) is 14.3 Å². The Balaban J connectivity index is 1.73. The highest BCUT2D eigenvalue weighted by Crippen LogP contribution is 2.32. The number of imidazole rings is 1. The summed E-state index contributed by atoms with van der Waals surface area (Å²) < 4.78 is 7.19. The lowest BCUT2D eigenvalue weighted by Crippen LogP contribution is -2.39. The average Bonchev–Trinajstić information content (AvgIpc) is 3.14. The monoisotopic (exact) mass is 449 g/mol. The molecule has 0 aliphatic carbocycles. The molecule has 1 aromatic heterocycles. The molecule has 5 nitrogen and oxygen atoms in total. The molecule has 1 aliphatic heterocycles. The Bertz CT molecular complexity index is 1030. The van der Waals surface area contributed by atoms with Crippen LogP contribution in [0.3, 0.4) is 0 Å². The largest absolute Gasteiger partial charge is 0.379 e. The smallest absolute Gasteiger partial charge is 0.196 e. The number of nitrogens with zero attached hydrogens (tertiary/aromatic N) is 3. The molecule has 0 spiro atoms. The van der Waals surface area contributed by atoms with Crippen molar-refractivity contribution in [2.45, 2.75) is 0 Å². The van der Waals surface area contributed by atoms with E-state index >= 15 is 0 Å². The van der Waals surface area contributed by atoms with Crippen LogP contribution in [0.2, 0.25) is 15.1 Å². The Morgan fingerprint density at radius 2 is 1.69 bits per heavy atom. The van der Waals surface area contributed by atoms with E-state index in [0.29, 0.717) is 51.9 Å². The van der Waals surface area contributed by atoms with Crippen molar-refractivity contribution in [3.8, 4) is 17.1 Å². The van der Waals surface area contributed by atoms with E-state index < -0.39 is 0 Å². The fourth-order valence-electron chi connectivity index (χ4n) is 3.22. The normalized spacial score (nSPS) is 14.9. The maximum atomic E-state index is 12.9. The molecule has 0 N–H and O–H groups in total. The van der Waals surface area contributed by atoms with Crippen molar-refractivity contribution in [2.24, 2.45) is 0 Å². The summed E-state index contributed by atoms with van der Waals surface area (Å²) in [5.74, 6) is 0.519. The molecule has 2 heterocycles. The second kappa shape index (κ2) is 8.86. The second-order valence-corrected chi connectivity index (χ2v) is 8.01. The van der Waals surface area contributed by atoms with Crippen LogP contribution in [0.4, 0.5) is 0 Å². The lowest BCUT2D eigenvalue weighted by Gasteiger charge is -2.25. The third-order valence-electron chi connectivity index (χ3n) is 4.74. The molecule has 0 bridgehead atoms. The van der Waals surface area contributed by atoms with Gasteiger partial charge in [-0.05, 0) is 42.5 Å². The molecule has 1 fully saturated rings. The molecule has 0 saturated carbocycles. The van der Waals surface area contributed by atoms with Crippen molar-refractivity contribution in [3.63, 3.8) is 0 Å². The number of hydrogen-bond donors (Lipinski definition) is 0. The molecule has 3 aromatic rings. The van der Waals surface area contributed by atoms with E-state index in [1.807, 2.05) is 16.7 Å². The van der Waals surface area contributed by atoms with Gasteiger partial charge in [0, 0.05) is 40.6 Å². The van der Waals surface area contributed by atoms with Gasteiger partial charge in [0.1, 0.15) is 11.5 Å². The number of carbonyl (C=O) groups is 1. The third kappa shape index (κ3) is 4.65. The summed E-state index contributed by atoms with van der Waals surface area (Å²) in [5, 5.41) is 1.63. The van der Waals surface area contributed by atoms with Gasteiger partial charge in [0.25, 0.3) is 0 Å². The van der Waals surface area contributed by atoms with Crippen LogP contribution in [0.1, 0.15) is 10.5 Å². The fraction of sp³-hybridized carbons (Fsp3) is 0.238. The summed E-state index contributed by atoms with van der Waals surface area (Å²) in [7, 11) is 0. The van der Waals surface area contributed by atoms with Crippen molar-refractivity contribution in [1.82, 2.24) is 14.5 Å². The van der Waals surface area contributed by atoms with Crippen LogP contribution < -0.4 is 0 Å². The van der Waals surface area contributed by atoms with Gasteiger partial charge >= 0.3 is 0 Å². The van der Waals surface area contributed by atoms with Crippen LogP contribution in [-0.2, 0) is 4.74 Å². The standard InChI is InChI=1S/C21H18Cl3N3O2/c22-14-1-4-16(5-2-14)27-12-19(20(28)13-26-7-9-29-10-8-26)25-21(27)17-6-3-15(23)11-18(17)24/h1-6,11-12H,7-10,13H2. The maximum Gasteiger partial charge on any atom is 0.196 e. The van der Waals surface area contributed by atoms with Crippen LogP contribution >= 0.6 is 34.8 Å². The number of morpholine rings is 1. The zero-order valence-corrected chi connectivity index (χ0v) is 17.7. The Labute approximate surface area is 183 Å². The van der Waals surface area contributed by atoms with E-state index in [1.54, 1.807) is 36.5 Å². The van der Waals surface area contributed by atoms with Gasteiger partial charge in [0.2, 0.25) is 0 Å². The predicted octanol–water partition coefficient (Wildman–Crippen LogP) is 5.01. The van der Waals surface area contributed by atoms with Crippen molar-refractivity contribution < 1.29 is 9.53 Å². The lowest BCUT2D eigenvalue weighted by molar-refractivity contribution is 0.0370. The number of ketones is 1. The molecule has 0 atom stereocenters. The molecule has 0 unspecified atom stereocenters. The molecule has 0 radical (unpaired) electrons. The highest BCUT2D eigenvalue weighted by molar-refractivity contribution is 6.36. The summed E-state index contributed by atoms with van der Waals surface area (Å²) in [6.07, 6.45) is 1.74. The van der Waals surface area contributed by atoms with Gasteiger partial charge in [0.15, 0.2) is 5.78 Å². The molecular formula is C21H18Cl3N3O2. The SMILES string of the molecule is O=C(CN1CCOCC1)c1cn(-c2ccc(Cl)cc2)c(-c2ccc(Cl)cc2Cl)n1. The van der Waals surface area contributed by atoms with Crippen molar-refractivity contribution in [2.75, 3.05) is 32.8 Å². The fourth-order valence-corrected chi connectivity index (χ4v) is 3.84. The van der Waals surface area contributed by atoms with Gasteiger partial charge in [-0.1, -0.05) is 34.8 Å². The quantitative estimate of drug-likeness (QED) is 0.512. The Morgan fingerprint density at radius 3 is 2.38 bits per heavy atom. The van der Waals surface area contributed by atoms with E-state index in [4.69, 9.17) is 39.5 Å². The predicted molar refractivity (Wildman–Crippen MR) is 116 cm³/mol. The molecule has 1 aliphatic rings. The molecule has 8 heteroatoms. The summed E-state index contributed by atoms with van der Waals surface area (Å²) in [6, 6.07) is 12.5. The summed E-state index contributed by atoms with van der Waals surface area (Å²) >= 11 is 18.5. The van der Waals surface area contributed by atoms with Crippen molar-refractivity contribution in [1.29, 1.82) is 0 Å². The molecular weight excluding hydrogens is 433 g/mol. The van der Waals surface area contributed by atoms with Crippen LogP contribution in [-0.4, -0.2) is 53.1 Å². The van der Waals surface area contributed by atoms with Gasteiger partial charge < -0.3 is 4.74 Å². The van der Waals surface area contributed by atoms with E-state index in [0.717, 1.165) is 18.8 Å². The van der Waals surface area contributed by atoms with Crippen molar-refractivity contribution in [3.05, 3.63) is 69.4 Å². The van der Waals surface area contributed by atoms with Crippen molar-refractivity contribution >= 4 is 40.6 Å². The number of ether oxygens (including phenoxy) is 1. The molecule has 29 heavy (non-hydrogen) atoms. The highest BCUT2D eigenvalue weighted by atomic mass is 35.5. The molecule has 2 aromatic carbocycles. The van der Waals surface area contributed by atoms with Crippen LogP contribution in [0.15, 0.2) is 48.7 Å². The zero-order valence-electron chi connectivity index (χ0n) is 15.4. The van der Waals surface area contributed by atoms with E-state index in [-0.39, 0.29) is 5.78 Å². The molecule has 0 amide bonds. The maximum absolute atomic E-state index is 12.9. The minimum atomic E-state index is -0.0500. The number of aromatic nitrogens is 2.